The molecule has 0 saturated heterocycles. The number of fused-ring (bicyclic) bond motifs is 1. The molecule has 0 fully saturated rings. The number of primary amides is 1. The molecule has 0 bridgehead atoms. The van der Waals surface area contributed by atoms with E-state index >= 15 is 0 Å². The molecule has 0 aliphatic heterocycles. The van der Waals surface area contributed by atoms with Crippen LogP contribution in [0.15, 0.2) is 24.3 Å². The zero-order valence-electron chi connectivity index (χ0n) is 19.9. The lowest BCUT2D eigenvalue weighted by Crippen LogP contribution is -2.31. The summed E-state index contributed by atoms with van der Waals surface area (Å²) in [6.07, 6.45) is 0.738. The van der Waals surface area contributed by atoms with Crippen molar-refractivity contribution >= 4 is 34.1 Å². The fourth-order valence-corrected chi connectivity index (χ4v) is 3.71. The number of nitrogens with two attached hydrogens (primary N) is 2. The first-order chi connectivity index (χ1) is 16.3. The Morgan fingerprint density at radius 1 is 1.24 bits per heavy atom. The minimum absolute atomic E-state index is 0.00496. The average Bonchev–Trinajstić information content (AvgIpc) is 3.15. The summed E-state index contributed by atoms with van der Waals surface area (Å²) in [5.74, 6) is -0.560. The van der Waals surface area contributed by atoms with Crippen molar-refractivity contribution in [3.63, 3.8) is 0 Å². The van der Waals surface area contributed by atoms with Crippen LogP contribution in [0, 0.1) is 11.7 Å². The molecule has 0 radical (unpaired) electrons. The third kappa shape index (κ3) is 5.72. The highest BCUT2D eigenvalue weighted by Crippen LogP contribution is 2.30. The van der Waals surface area contributed by atoms with E-state index in [4.69, 9.17) is 20.9 Å². The summed E-state index contributed by atoms with van der Waals surface area (Å²) in [7, 11) is 3.16. The number of hydrogen-bond acceptors (Lipinski definition) is 8. The molecule has 0 saturated carbocycles. The number of amides is 1. The Labute approximate surface area is 197 Å². The molecule has 0 spiro atoms. The molecular weight excluding hydrogens is 441 g/mol. The Hall–Kier alpha value is -3.44. The van der Waals surface area contributed by atoms with Crippen LogP contribution in [0.2, 0.25) is 0 Å². The molecule has 34 heavy (non-hydrogen) atoms. The van der Waals surface area contributed by atoms with Crippen LogP contribution in [0.5, 0.6) is 5.88 Å². The third-order valence-corrected chi connectivity index (χ3v) is 5.30. The first kappa shape index (κ1) is 25.2. The Bertz CT molecular complexity index is 1150. The van der Waals surface area contributed by atoms with E-state index < -0.39 is 11.7 Å². The Kier molecular flexibility index (Phi) is 8.24. The molecule has 2 aromatic heterocycles. The molecular formula is C23H32FN7O3. The number of aromatic nitrogens is 3. The Morgan fingerprint density at radius 3 is 2.62 bits per heavy atom. The maximum Gasteiger partial charge on any atom is 0.252 e. The van der Waals surface area contributed by atoms with Gasteiger partial charge in [-0.25, -0.2) is 9.37 Å². The van der Waals surface area contributed by atoms with E-state index in [1.165, 1.54) is 7.11 Å². The van der Waals surface area contributed by atoms with E-state index in [-0.39, 0.29) is 23.2 Å². The SMILES string of the molecule is COCCn1nc(OC)c2cc(Nc3nc(NC(CN)CC(C)C)c(F)cc3C(N)=O)ccc21. The predicted octanol–water partition coefficient (Wildman–Crippen LogP) is 2.85. The quantitative estimate of drug-likeness (QED) is 0.315. The maximum absolute atomic E-state index is 14.7. The van der Waals surface area contributed by atoms with Gasteiger partial charge in [0.05, 0.1) is 36.7 Å². The van der Waals surface area contributed by atoms with Crippen molar-refractivity contribution in [2.75, 3.05) is 38.0 Å². The summed E-state index contributed by atoms with van der Waals surface area (Å²) < 4.78 is 27.1. The molecule has 1 atom stereocenters. The minimum atomic E-state index is -0.802. The molecule has 1 amide bonds. The number of anilines is 3. The first-order valence-corrected chi connectivity index (χ1v) is 11.0. The van der Waals surface area contributed by atoms with Crippen LogP contribution < -0.4 is 26.8 Å². The monoisotopic (exact) mass is 473 g/mol. The standard InChI is InChI=1S/C23H32FN7O3/c1-13(2)9-15(12-25)28-22-18(24)11-17(20(26)32)21(29-22)27-14-5-6-19-16(10-14)23(34-4)30-31(19)7-8-33-3/h5-6,10-11,13,15H,7-9,12,25H2,1-4H3,(H2,26,32)(H2,27,28,29). The lowest BCUT2D eigenvalue weighted by atomic mass is 10.0. The second kappa shape index (κ2) is 11.1. The zero-order valence-corrected chi connectivity index (χ0v) is 19.9. The number of halogens is 1. The summed E-state index contributed by atoms with van der Waals surface area (Å²) in [6.45, 7) is 5.47. The fraction of sp³-hybridized carbons (Fsp3) is 0.435. The molecule has 3 aromatic rings. The number of ether oxygens (including phenoxy) is 2. The van der Waals surface area contributed by atoms with Gasteiger partial charge in [0.25, 0.3) is 5.91 Å². The van der Waals surface area contributed by atoms with Crippen molar-refractivity contribution in [2.45, 2.75) is 32.9 Å². The normalized spacial score (nSPS) is 12.2. The maximum atomic E-state index is 14.7. The second-order valence-electron chi connectivity index (χ2n) is 8.37. The van der Waals surface area contributed by atoms with Gasteiger partial charge in [-0.3, -0.25) is 9.48 Å². The van der Waals surface area contributed by atoms with Crippen LogP contribution in [0.25, 0.3) is 10.9 Å². The van der Waals surface area contributed by atoms with Gasteiger partial charge in [-0.1, -0.05) is 13.8 Å². The molecule has 184 valence electrons. The molecule has 0 aliphatic rings. The van der Waals surface area contributed by atoms with Crippen LogP contribution in [-0.2, 0) is 11.3 Å². The van der Waals surface area contributed by atoms with Crippen molar-refractivity contribution in [3.05, 3.63) is 35.6 Å². The van der Waals surface area contributed by atoms with E-state index in [1.54, 1.807) is 17.9 Å². The van der Waals surface area contributed by atoms with Crippen LogP contribution in [0.4, 0.5) is 21.7 Å². The predicted molar refractivity (Wildman–Crippen MR) is 130 cm³/mol. The van der Waals surface area contributed by atoms with Crippen molar-refractivity contribution in [1.82, 2.24) is 14.8 Å². The van der Waals surface area contributed by atoms with Crippen molar-refractivity contribution in [2.24, 2.45) is 17.4 Å². The summed E-state index contributed by atoms with van der Waals surface area (Å²) >= 11 is 0. The number of nitrogens with zero attached hydrogens (tertiary/aromatic N) is 3. The molecule has 1 aromatic carbocycles. The van der Waals surface area contributed by atoms with Crippen molar-refractivity contribution in [3.8, 4) is 5.88 Å². The van der Waals surface area contributed by atoms with E-state index in [9.17, 15) is 9.18 Å². The number of nitrogens with one attached hydrogen (secondary N) is 2. The van der Waals surface area contributed by atoms with Crippen molar-refractivity contribution < 1.29 is 18.7 Å². The van der Waals surface area contributed by atoms with Gasteiger partial charge in [0.15, 0.2) is 11.6 Å². The van der Waals surface area contributed by atoms with E-state index in [2.05, 4.69) is 34.6 Å². The topological polar surface area (TPSA) is 142 Å². The third-order valence-electron chi connectivity index (χ3n) is 5.30. The number of benzene rings is 1. The molecule has 1 unspecified atom stereocenters. The summed E-state index contributed by atoms with van der Waals surface area (Å²) in [5.41, 5.74) is 12.7. The number of carbonyl (C=O) groups is 1. The highest BCUT2D eigenvalue weighted by atomic mass is 19.1. The molecule has 6 N–H and O–H groups in total. The van der Waals surface area contributed by atoms with E-state index in [0.717, 1.165) is 23.4 Å². The van der Waals surface area contributed by atoms with Crippen LogP contribution in [-0.4, -0.2) is 54.1 Å². The number of methoxy groups -OCH3 is 2. The number of carbonyl (C=O) groups excluding carboxylic acids is 1. The van der Waals surface area contributed by atoms with Crippen LogP contribution >= 0.6 is 0 Å². The smallest absolute Gasteiger partial charge is 0.252 e. The lowest BCUT2D eigenvalue weighted by Gasteiger charge is -2.21. The molecule has 10 nitrogen and oxygen atoms in total. The van der Waals surface area contributed by atoms with E-state index in [1.807, 2.05) is 12.1 Å². The van der Waals surface area contributed by atoms with Gasteiger partial charge in [0.2, 0.25) is 5.88 Å². The molecule has 0 aliphatic carbocycles. The highest BCUT2D eigenvalue weighted by Gasteiger charge is 2.19. The molecule has 2 heterocycles. The van der Waals surface area contributed by atoms with Gasteiger partial charge >= 0.3 is 0 Å². The Balaban J connectivity index is 1.97. The van der Waals surface area contributed by atoms with Gasteiger partial charge in [-0.05, 0) is 36.6 Å². The summed E-state index contributed by atoms with van der Waals surface area (Å²) in [6, 6.07) is 6.38. The highest BCUT2D eigenvalue weighted by molar-refractivity contribution is 5.99. The largest absolute Gasteiger partial charge is 0.479 e. The molecule has 3 rings (SSSR count). The number of pyridine rings is 1. The summed E-state index contributed by atoms with van der Waals surface area (Å²) in [5, 5.41) is 11.3. The average molecular weight is 474 g/mol. The second-order valence-corrected chi connectivity index (χ2v) is 8.37. The fourth-order valence-electron chi connectivity index (χ4n) is 3.71. The van der Waals surface area contributed by atoms with Gasteiger partial charge < -0.3 is 31.6 Å². The van der Waals surface area contributed by atoms with Crippen LogP contribution in [0.3, 0.4) is 0 Å². The molecule has 11 heteroatoms. The Morgan fingerprint density at radius 2 is 2.00 bits per heavy atom. The van der Waals surface area contributed by atoms with Gasteiger partial charge in [0, 0.05) is 25.4 Å². The van der Waals surface area contributed by atoms with Gasteiger partial charge in [0.1, 0.15) is 5.82 Å². The number of rotatable bonds is 12. The van der Waals surface area contributed by atoms with Crippen molar-refractivity contribution in [1.29, 1.82) is 0 Å². The summed E-state index contributed by atoms with van der Waals surface area (Å²) in [4.78, 5) is 16.3. The van der Waals surface area contributed by atoms with Crippen LogP contribution in [0.1, 0.15) is 30.6 Å². The van der Waals surface area contributed by atoms with E-state index in [0.29, 0.717) is 37.2 Å². The van der Waals surface area contributed by atoms with Gasteiger partial charge in [-0.15, -0.1) is 5.10 Å². The first-order valence-electron chi connectivity index (χ1n) is 11.0. The zero-order chi connectivity index (χ0) is 24.8. The van der Waals surface area contributed by atoms with Gasteiger partial charge in [-0.2, -0.15) is 0 Å². The minimum Gasteiger partial charge on any atom is -0.479 e. The number of hydrogen-bond donors (Lipinski definition) is 4. The lowest BCUT2D eigenvalue weighted by molar-refractivity contribution is 0.100.